The van der Waals surface area contributed by atoms with Crippen molar-refractivity contribution < 1.29 is 13.9 Å². The number of fused-ring (bicyclic) bond motifs is 1. The maximum Gasteiger partial charge on any atom is 0.341 e. The summed E-state index contributed by atoms with van der Waals surface area (Å²) in [6, 6.07) is 3.90. The molecule has 0 amide bonds. The maximum absolute atomic E-state index is 12.6. The molecular formula is C8H6FNO2. The van der Waals surface area contributed by atoms with Gasteiger partial charge in [0.1, 0.15) is 5.82 Å². The molecule has 12 heavy (non-hydrogen) atoms. The molecule has 0 spiro atoms. The van der Waals surface area contributed by atoms with E-state index in [1.165, 1.54) is 18.2 Å². The lowest BCUT2D eigenvalue weighted by molar-refractivity contribution is 0.0518. The van der Waals surface area contributed by atoms with Crippen molar-refractivity contribution in [3.63, 3.8) is 0 Å². The Morgan fingerprint density at radius 3 is 3.17 bits per heavy atom. The summed E-state index contributed by atoms with van der Waals surface area (Å²) in [5, 5.41) is 2.75. The number of benzene rings is 1. The van der Waals surface area contributed by atoms with E-state index in [1.54, 1.807) is 0 Å². The van der Waals surface area contributed by atoms with Gasteiger partial charge in [-0.1, -0.05) is 0 Å². The largest absolute Gasteiger partial charge is 0.441 e. The zero-order valence-electron chi connectivity index (χ0n) is 6.13. The first-order chi connectivity index (χ1) is 5.77. The summed E-state index contributed by atoms with van der Waals surface area (Å²) >= 11 is 0. The Labute approximate surface area is 68.1 Å². The average Bonchev–Trinajstić information content (AvgIpc) is 2.04. The first-order valence-corrected chi connectivity index (χ1v) is 3.48. The molecule has 2 rings (SSSR count). The fraction of sp³-hybridized carbons (Fsp3) is 0.125. The molecule has 3 nitrogen and oxygen atoms in total. The highest BCUT2D eigenvalue weighted by Gasteiger charge is 2.17. The first kappa shape index (κ1) is 7.09. The number of nitrogens with one attached hydrogen (secondary N) is 1. The zero-order chi connectivity index (χ0) is 8.55. The van der Waals surface area contributed by atoms with E-state index < -0.39 is 5.97 Å². The van der Waals surface area contributed by atoms with Gasteiger partial charge in [-0.15, -0.1) is 0 Å². The van der Waals surface area contributed by atoms with Gasteiger partial charge in [0.15, 0.2) is 6.73 Å². The number of cyclic esters (lactones) is 1. The van der Waals surface area contributed by atoms with Crippen molar-refractivity contribution in [3.05, 3.63) is 29.6 Å². The predicted octanol–water partition coefficient (Wildman–Crippen LogP) is 1.37. The van der Waals surface area contributed by atoms with Gasteiger partial charge >= 0.3 is 5.97 Å². The molecule has 62 valence electrons. The van der Waals surface area contributed by atoms with Gasteiger partial charge in [-0.25, -0.2) is 9.18 Å². The molecule has 1 aliphatic heterocycles. The molecule has 1 aromatic carbocycles. The average molecular weight is 167 g/mol. The van der Waals surface area contributed by atoms with Crippen molar-refractivity contribution in [2.45, 2.75) is 0 Å². The first-order valence-electron chi connectivity index (χ1n) is 3.48. The van der Waals surface area contributed by atoms with Gasteiger partial charge in [0, 0.05) is 0 Å². The molecule has 0 radical (unpaired) electrons. The van der Waals surface area contributed by atoms with E-state index in [2.05, 4.69) is 10.1 Å². The summed E-state index contributed by atoms with van der Waals surface area (Å²) in [4.78, 5) is 11.0. The van der Waals surface area contributed by atoms with Crippen molar-refractivity contribution in [3.8, 4) is 0 Å². The summed E-state index contributed by atoms with van der Waals surface area (Å²) in [6.07, 6.45) is 0. The Hall–Kier alpha value is -1.58. The van der Waals surface area contributed by atoms with Crippen LogP contribution in [0.25, 0.3) is 0 Å². The number of ether oxygens (including phenoxy) is 1. The number of halogens is 1. The third-order valence-electron chi connectivity index (χ3n) is 1.67. The summed E-state index contributed by atoms with van der Waals surface area (Å²) < 4.78 is 17.3. The minimum absolute atomic E-state index is 0.106. The fourth-order valence-corrected chi connectivity index (χ4v) is 1.10. The second-order valence-electron chi connectivity index (χ2n) is 2.44. The number of carbonyl (C=O) groups is 1. The van der Waals surface area contributed by atoms with Crippen molar-refractivity contribution in [1.29, 1.82) is 0 Å². The van der Waals surface area contributed by atoms with Crippen LogP contribution in [0.2, 0.25) is 0 Å². The molecule has 0 aliphatic carbocycles. The van der Waals surface area contributed by atoms with Crippen molar-refractivity contribution in [2.75, 3.05) is 12.0 Å². The number of esters is 1. The van der Waals surface area contributed by atoms with Crippen LogP contribution in [-0.4, -0.2) is 12.7 Å². The minimum atomic E-state index is -0.413. The Morgan fingerprint density at radius 2 is 2.33 bits per heavy atom. The lowest BCUT2D eigenvalue weighted by Gasteiger charge is -2.16. The van der Waals surface area contributed by atoms with E-state index in [0.29, 0.717) is 11.3 Å². The highest BCUT2D eigenvalue weighted by atomic mass is 19.1. The van der Waals surface area contributed by atoms with Crippen LogP contribution in [0.1, 0.15) is 10.4 Å². The van der Waals surface area contributed by atoms with Gasteiger partial charge in [0.05, 0.1) is 11.3 Å². The normalized spacial score (nSPS) is 14.6. The summed E-state index contributed by atoms with van der Waals surface area (Å²) in [7, 11) is 0. The number of rotatable bonds is 0. The minimum Gasteiger partial charge on any atom is -0.441 e. The molecule has 0 aromatic heterocycles. The van der Waals surface area contributed by atoms with Crippen molar-refractivity contribution >= 4 is 11.7 Å². The maximum atomic E-state index is 12.6. The number of carbonyl (C=O) groups excluding carboxylic acids is 1. The summed E-state index contributed by atoms with van der Waals surface area (Å²) in [6.45, 7) is 0.106. The second-order valence-corrected chi connectivity index (χ2v) is 2.44. The van der Waals surface area contributed by atoms with Crippen molar-refractivity contribution in [1.82, 2.24) is 0 Å². The van der Waals surface area contributed by atoms with E-state index in [4.69, 9.17) is 0 Å². The van der Waals surface area contributed by atoms with Gasteiger partial charge in [-0.05, 0) is 18.2 Å². The van der Waals surface area contributed by atoms with E-state index in [9.17, 15) is 9.18 Å². The molecule has 0 fully saturated rings. The SMILES string of the molecule is O=C1OCNc2cc(F)ccc21. The molecule has 1 heterocycles. The highest BCUT2D eigenvalue weighted by Crippen LogP contribution is 2.20. The lowest BCUT2D eigenvalue weighted by Crippen LogP contribution is -2.20. The monoisotopic (exact) mass is 167 g/mol. The summed E-state index contributed by atoms with van der Waals surface area (Å²) in [5.74, 6) is -0.778. The van der Waals surface area contributed by atoms with E-state index in [1.807, 2.05) is 0 Å². The molecule has 1 N–H and O–H groups in total. The molecule has 0 saturated carbocycles. The van der Waals surface area contributed by atoms with E-state index in [0.717, 1.165) is 0 Å². The number of hydrogen-bond donors (Lipinski definition) is 1. The standard InChI is InChI=1S/C8H6FNO2/c9-5-1-2-6-7(3-5)10-4-12-8(6)11/h1-3,10H,4H2. The van der Waals surface area contributed by atoms with Crippen molar-refractivity contribution in [2.24, 2.45) is 0 Å². The Kier molecular flexibility index (Phi) is 1.46. The Morgan fingerprint density at radius 1 is 1.50 bits per heavy atom. The van der Waals surface area contributed by atoms with Crippen LogP contribution >= 0.6 is 0 Å². The van der Waals surface area contributed by atoms with Gasteiger partial charge in [-0.2, -0.15) is 0 Å². The van der Waals surface area contributed by atoms with Gasteiger partial charge in [0.2, 0.25) is 0 Å². The van der Waals surface area contributed by atoms with Crippen LogP contribution < -0.4 is 5.32 Å². The third kappa shape index (κ3) is 1.01. The van der Waals surface area contributed by atoms with E-state index >= 15 is 0 Å². The molecule has 0 unspecified atom stereocenters. The summed E-state index contributed by atoms with van der Waals surface area (Å²) in [5.41, 5.74) is 0.869. The Bertz CT molecular complexity index is 338. The van der Waals surface area contributed by atoms with Crippen LogP contribution in [0.5, 0.6) is 0 Å². The van der Waals surface area contributed by atoms with Crippen LogP contribution in [-0.2, 0) is 4.74 Å². The van der Waals surface area contributed by atoms with E-state index in [-0.39, 0.29) is 12.5 Å². The van der Waals surface area contributed by atoms with Gasteiger partial charge in [0.25, 0.3) is 0 Å². The third-order valence-corrected chi connectivity index (χ3v) is 1.67. The number of hydrogen-bond acceptors (Lipinski definition) is 3. The Balaban J connectivity index is 2.53. The van der Waals surface area contributed by atoms with Gasteiger partial charge in [-0.3, -0.25) is 0 Å². The smallest absolute Gasteiger partial charge is 0.341 e. The highest BCUT2D eigenvalue weighted by molar-refractivity contribution is 5.96. The van der Waals surface area contributed by atoms with Crippen LogP contribution in [0, 0.1) is 5.82 Å². The molecular weight excluding hydrogens is 161 g/mol. The van der Waals surface area contributed by atoms with Crippen LogP contribution in [0.15, 0.2) is 18.2 Å². The number of anilines is 1. The topological polar surface area (TPSA) is 38.3 Å². The molecule has 4 heteroatoms. The molecule has 0 saturated heterocycles. The molecule has 0 bridgehead atoms. The molecule has 1 aromatic rings. The predicted molar refractivity (Wildman–Crippen MR) is 40.3 cm³/mol. The second kappa shape index (κ2) is 2.48. The fourth-order valence-electron chi connectivity index (χ4n) is 1.10. The quantitative estimate of drug-likeness (QED) is 0.593. The molecule has 1 aliphatic rings. The van der Waals surface area contributed by atoms with Crippen LogP contribution in [0.3, 0.4) is 0 Å². The van der Waals surface area contributed by atoms with Crippen LogP contribution in [0.4, 0.5) is 10.1 Å². The zero-order valence-corrected chi connectivity index (χ0v) is 6.13. The molecule has 0 atom stereocenters. The van der Waals surface area contributed by atoms with Gasteiger partial charge < -0.3 is 10.1 Å². The lowest BCUT2D eigenvalue weighted by atomic mass is 10.1.